The molecule has 2 N–H and O–H groups in total. The Morgan fingerprint density at radius 2 is 2.18 bits per heavy atom. The minimum absolute atomic E-state index is 0.283. The van der Waals surface area contributed by atoms with Crippen LogP contribution in [0.25, 0.3) is 10.9 Å². The molecule has 1 heterocycles. The van der Waals surface area contributed by atoms with Crippen LogP contribution in [0.2, 0.25) is 0 Å². The summed E-state index contributed by atoms with van der Waals surface area (Å²) in [4.78, 5) is 10.9. The summed E-state index contributed by atoms with van der Waals surface area (Å²) < 4.78 is 2.26. The second kappa shape index (κ2) is 5.04. The molecule has 0 spiro atoms. The molecule has 1 amide bonds. The minimum Gasteiger partial charge on any atom is -0.369 e. The number of aromatic nitrogens is 1. The molecule has 17 heavy (non-hydrogen) atoms. The summed E-state index contributed by atoms with van der Waals surface area (Å²) in [6.07, 6.45) is 4.80. The van der Waals surface area contributed by atoms with E-state index in [0.717, 1.165) is 12.1 Å². The summed E-state index contributed by atoms with van der Waals surface area (Å²) in [5, 5.41) is 1.18. The Kier molecular flexibility index (Phi) is 3.47. The standard InChI is InChI=1S/C14H18N2O/c1-2-3-7-16-8-6-12-9-11(10-14(15)17)4-5-13(12)16/h4-6,8-9H,2-3,7,10H2,1H3,(H2,15,17). The molecule has 2 rings (SSSR count). The van der Waals surface area contributed by atoms with E-state index in [4.69, 9.17) is 5.73 Å². The Morgan fingerprint density at radius 3 is 2.88 bits per heavy atom. The van der Waals surface area contributed by atoms with E-state index in [2.05, 4.69) is 29.8 Å². The van der Waals surface area contributed by atoms with Gasteiger partial charge in [-0.1, -0.05) is 19.4 Å². The number of aryl methyl sites for hydroxylation is 1. The van der Waals surface area contributed by atoms with Crippen LogP contribution in [0.5, 0.6) is 0 Å². The quantitative estimate of drug-likeness (QED) is 0.842. The average molecular weight is 230 g/mol. The SMILES string of the molecule is CCCCn1ccc2cc(CC(N)=O)ccc21. The maximum Gasteiger partial charge on any atom is 0.221 e. The smallest absolute Gasteiger partial charge is 0.221 e. The fourth-order valence-electron chi connectivity index (χ4n) is 2.08. The van der Waals surface area contributed by atoms with Crippen LogP contribution in [-0.2, 0) is 17.8 Å². The van der Waals surface area contributed by atoms with Gasteiger partial charge in [0.2, 0.25) is 5.91 Å². The molecular formula is C14H18N2O. The molecule has 0 aliphatic rings. The Labute approximate surface area is 101 Å². The van der Waals surface area contributed by atoms with Gasteiger partial charge < -0.3 is 10.3 Å². The number of amides is 1. The molecule has 0 saturated carbocycles. The van der Waals surface area contributed by atoms with Crippen LogP contribution in [0.1, 0.15) is 25.3 Å². The fraction of sp³-hybridized carbons (Fsp3) is 0.357. The van der Waals surface area contributed by atoms with Gasteiger partial charge in [-0.15, -0.1) is 0 Å². The van der Waals surface area contributed by atoms with E-state index in [9.17, 15) is 4.79 Å². The first-order chi connectivity index (χ1) is 8.20. The molecule has 0 aliphatic heterocycles. The number of primary amides is 1. The zero-order valence-electron chi connectivity index (χ0n) is 10.1. The van der Waals surface area contributed by atoms with Crippen LogP contribution >= 0.6 is 0 Å². The number of carbonyl (C=O) groups is 1. The number of carbonyl (C=O) groups excluding carboxylic acids is 1. The average Bonchev–Trinajstić information content (AvgIpc) is 2.68. The van der Waals surface area contributed by atoms with Crippen LogP contribution < -0.4 is 5.73 Å². The van der Waals surface area contributed by atoms with Gasteiger partial charge >= 0.3 is 0 Å². The summed E-state index contributed by atoms with van der Waals surface area (Å²) in [7, 11) is 0. The molecule has 1 aromatic carbocycles. The van der Waals surface area contributed by atoms with Crippen molar-refractivity contribution in [2.24, 2.45) is 5.73 Å². The molecule has 90 valence electrons. The third-order valence-corrected chi connectivity index (χ3v) is 2.97. The minimum atomic E-state index is -0.283. The van der Waals surface area contributed by atoms with E-state index < -0.39 is 0 Å². The summed E-state index contributed by atoms with van der Waals surface area (Å²) >= 11 is 0. The monoisotopic (exact) mass is 230 g/mol. The van der Waals surface area contributed by atoms with E-state index in [1.54, 1.807) is 0 Å². The van der Waals surface area contributed by atoms with Crippen LogP contribution in [0.15, 0.2) is 30.5 Å². The van der Waals surface area contributed by atoms with Gasteiger partial charge in [0.1, 0.15) is 0 Å². The Morgan fingerprint density at radius 1 is 1.35 bits per heavy atom. The van der Waals surface area contributed by atoms with Crippen LogP contribution in [0.4, 0.5) is 0 Å². The lowest BCUT2D eigenvalue weighted by molar-refractivity contribution is -0.117. The van der Waals surface area contributed by atoms with Crippen molar-refractivity contribution in [2.75, 3.05) is 0 Å². The van der Waals surface area contributed by atoms with Crippen molar-refractivity contribution >= 4 is 16.8 Å². The van der Waals surface area contributed by atoms with Crippen molar-refractivity contribution in [3.8, 4) is 0 Å². The van der Waals surface area contributed by atoms with Gasteiger partial charge in [0.05, 0.1) is 6.42 Å². The van der Waals surface area contributed by atoms with E-state index in [-0.39, 0.29) is 5.91 Å². The molecule has 1 aromatic heterocycles. The third kappa shape index (κ3) is 2.67. The first-order valence-electron chi connectivity index (χ1n) is 6.07. The van der Waals surface area contributed by atoms with Crippen LogP contribution in [0, 0.1) is 0 Å². The summed E-state index contributed by atoms with van der Waals surface area (Å²) in [5.41, 5.74) is 7.41. The number of nitrogens with zero attached hydrogens (tertiary/aromatic N) is 1. The molecule has 0 fully saturated rings. The van der Waals surface area contributed by atoms with Gasteiger partial charge in [-0.2, -0.15) is 0 Å². The molecule has 0 unspecified atom stereocenters. The summed E-state index contributed by atoms with van der Waals surface area (Å²) in [6, 6.07) is 8.19. The van der Waals surface area contributed by atoms with Gasteiger partial charge in [0.25, 0.3) is 0 Å². The fourth-order valence-corrected chi connectivity index (χ4v) is 2.08. The molecular weight excluding hydrogens is 212 g/mol. The Bertz CT molecular complexity index is 528. The molecule has 0 saturated heterocycles. The highest BCUT2D eigenvalue weighted by molar-refractivity contribution is 5.83. The maximum absolute atomic E-state index is 10.9. The Balaban J connectivity index is 2.28. The molecule has 0 atom stereocenters. The van der Waals surface area contributed by atoms with E-state index in [1.807, 2.05) is 12.1 Å². The van der Waals surface area contributed by atoms with Gasteiger partial charge in [-0.05, 0) is 35.6 Å². The zero-order valence-corrected chi connectivity index (χ0v) is 10.1. The lowest BCUT2D eigenvalue weighted by Gasteiger charge is -2.04. The van der Waals surface area contributed by atoms with E-state index >= 15 is 0 Å². The molecule has 0 bridgehead atoms. The number of nitrogens with two attached hydrogens (primary N) is 1. The largest absolute Gasteiger partial charge is 0.369 e. The van der Waals surface area contributed by atoms with Gasteiger partial charge in [-0.3, -0.25) is 4.79 Å². The van der Waals surface area contributed by atoms with Crippen LogP contribution in [0.3, 0.4) is 0 Å². The number of unbranched alkanes of at least 4 members (excludes halogenated alkanes) is 1. The lowest BCUT2D eigenvalue weighted by Crippen LogP contribution is -2.13. The van der Waals surface area contributed by atoms with Crippen LogP contribution in [-0.4, -0.2) is 10.5 Å². The second-order valence-electron chi connectivity index (χ2n) is 4.40. The topological polar surface area (TPSA) is 48.0 Å². The van der Waals surface area contributed by atoms with Gasteiger partial charge in [0, 0.05) is 18.3 Å². The Hall–Kier alpha value is -1.77. The highest BCUT2D eigenvalue weighted by atomic mass is 16.1. The van der Waals surface area contributed by atoms with Crippen molar-refractivity contribution in [3.63, 3.8) is 0 Å². The molecule has 0 aliphatic carbocycles. The number of hydrogen-bond acceptors (Lipinski definition) is 1. The second-order valence-corrected chi connectivity index (χ2v) is 4.40. The highest BCUT2D eigenvalue weighted by Gasteiger charge is 2.03. The van der Waals surface area contributed by atoms with Crippen molar-refractivity contribution in [1.82, 2.24) is 4.57 Å². The van der Waals surface area contributed by atoms with E-state index in [0.29, 0.717) is 6.42 Å². The number of hydrogen-bond donors (Lipinski definition) is 1. The zero-order chi connectivity index (χ0) is 12.3. The highest BCUT2D eigenvalue weighted by Crippen LogP contribution is 2.18. The molecule has 3 heteroatoms. The predicted octanol–water partition coefficient (Wildman–Crippen LogP) is 2.47. The maximum atomic E-state index is 10.9. The first-order valence-corrected chi connectivity index (χ1v) is 6.07. The summed E-state index contributed by atoms with van der Waals surface area (Å²) in [5.74, 6) is -0.283. The first kappa shape index (κ1) is 11.7. The van der Waals surface area contributed by atoms with Crippen molar-refractivity contribution < 1.29 is 4.79 Å². The number of fused-ring (bicyclic) bond motifs is 1. The van der Waals surface area contributed by atoms with Crippen molar-refractivity contribution in [1.29, 1.82) is 0 Å². The number of rotatable bonds is 5. The van der Waals surface area contributed by atoms with Gasteiger partial charge in [0.15, 0.2) is 0 Å². The number of benzene rings is 1. The van der Waals surface area contributed by atoms with Crippen molar-refractivity contribution in [2.45, 2.75) is 32.7 Å². The predicted molar refractivity (Wildman–Crippen MR) is 69.7 cm³/mol. The molecule has 2 aromatic rings. The third-order valence-electron chi connectivity index (χ3n) is 2.97. The van der Waals surface area contributed by atoms with E-state index in [1.165, 1.54) is 23.7 Å². The van der Waals surface area contributed by atoms with Crippen molar-refractivity contribution in [3.05, 3.63) is 36.0 Å². The van der Waals surface area contributed by atoms with Gasteiger partial charge in [-0.25, -0.2) is 0 Å². The normalized spacial score (nSPS) is 10.9. The molecule has 0 radical (unpaired) electrons. The summed E-state index contributed by atoms with van der Waals surface area (Å²) in [6.45, 7) is 3.24. The molecule has 3 nitrogen and oxygen atoms in total. The lowest BCUT2D eigenvalue weighted by atomic mass is 10.1.